The standard InChI is InChI=1S/C11H11Cl2N.C7H7NO.CH4/c12-10-4-1-5-11(13)9(10)7-8-3-2-6-14-8;1-6(9)7-3-2-4-8-5-7;/h1,4-5H,2-3,6-7H2;2-5H,1H3;1H4. The van der Waals surface area contributed by atoms with Gasteiger partial charge >= 0.3 is 0 Å². The normalized spacial score (nSPS) is 12.5. The fourth-order valence-corrected chi connectivity index (χ4v) is 2.75. The van der Waals surface area contributed by atoms with Crippen molar-refractivity contribution in [3.8, 4) is 0 Å². The van der Waals surface area contributed by atoms with Crippen molar-refractivity contribution < 1.29 is 4.79 Å². The lowest BCUT2D eigenvalue weighted by Crippen LogP contribution is -2.00. The molecule has 0 N–H and O–H groups in total. The van der Waals surface area contributed by atoms with Crippen LogP contribution >= 0.6 is 23.2 Å². The Balaban J connectivity index is 0.000000252. The topological polar surface area (TPSA) is 42.3 Å². The number of halogens is 2. The summed E-state index contributed by atoms with van der Waals surface area (Å²) in [5.74, 6) is 0.0584. The highest BCUT2D eigenvalue weighted by molar-refractivity contribution is 6.36. The molecule has 0 atom stereocenters. The smallest absolute Gasteiger partial charge is 0.161 e. The average molecular weight is 365 g/mol. The molecule has 2 aromatic rings. The molecule has 1 aliphatic rings. The van der Waals surface area contributed by atoms with Gasteiger partial charge in [0.2, 0.25) is 0 Å². The molecule has 0 bridgehead atoms. The summed E-state index contributed by atoms with van der Waals surface area (Å²) in [6, 6.07) is 9.10. The zero-order chi connectivity index (χ0) is 16.7. The van der Waals surface area contributed by atoms with Crippen LogP contribution in [-0.4, -0.2) is 23.0 Å². The molecule has 0 radical (unpaired) electrons. The largest absolute Gasteiger partial charge is 0.294 e. The van der Waals surface area contributed by atoms with E-state index in [0.29, 0.717) is 5.56 Å². The Morgan fingerprint density at radius 1 is 1.17 bits per heavy atom. The number of pyridine rings is 1. The molecule has 0 unspecified atom stereocenters. The van der Waals surface area contributed by atoms with E-state index in [1.165, 1.54) is 12.6 Å². The molecule has 0 aliphatic carbocycles. The molecule has 3 nitrogen and oxygen atoms in total. The number of hydrogen-bond donors (Lipinski definition) is 0. The molecule has 2 heterocycles. The lowest BCUT2D eigenvalue weighted by molar-refractivity contribution is 0.101. The quantitative estimate of drug-likeness (QED) is 0.656. The van der Waals surface area contributed by atoms with Gasteiger partial charge in [-0.25, -0.2) is 0 Å². The van der Waals surface area contributed by atoms with E-state index < -0.39 is 0 Å². The number of aromatic nitrogens is 1. The van der Waals surface area contributed by atoms with Crippen molar-refractivity contribution >= 4 is 34.7 Å². The van der Waals surface area contributed by atoms with E-state index in [1.807, 2.05) is 18.2 Å². The Morgan fingerprint density at radius 2 is 1.88 bits per heavy atom. The first-order valence-corrected chi connectivity index (χ1v) is 8.19. The third-order valence-electron chi connectivity index (χ3n) is 3.47. The van der Waals surface area contributed by atoms with Gasteiger partial charge in [0, 0.05) is 46.7 Å². The highest BCUT2D eigenvalue weighted by atomic mass is 35.5. The van der Waals surface area contributed by atoms with Gasteiger partial charge < -0.3 is 0 Å². The Bertz CT molecular complexity index is 680. The van der Waals surface area contributed by atoms with Gasteiger partial charge in [0.15, 0.2) is 5.78 Å². The van der Waals surface area contributed by atoms with Gasteiger partial charge in [-0.2, -0.15) is 0 Å². The summed E-state index contributed by atoms with van der Waals surface area (Å²) in [7, 11) is 0. The first-order chi connectivity index (χ1) is 11.1. The van der Waals surface area contributed by atoms with Gasteiger partial charge in [-0.15, -0.1) is 0 Å². The molecule has 5 heteroatoms. The van der Waals surface area contributed by atoms with Crippen LogP contribution < -0.4 is 0 Å². The molecular formula is C19H22Cl2N2O. The molecule has 1 aromatic heterocycles. The molecule has 24 heavy (non-hydrogen) atoms. The number of benzene rings is 1. The molecule has 0 saturated heterocycles. The summed E-state index contributed by atoms with van der Waals surface area (Å²) in [5.41, 5.74) is 2.90. The monoisotopic (exact) mass is 364 g/mol. The predicted molar refractivity (Wildman–Crippen MR) is 103 cm³/mol. The fourth-order valence-electron chi connectivity index (χ4n) is 2.22. The Morgan fingerprint density at radius 3 is 2.33 bits per heavy atom. The summed E-state index contributed by atoms with van der Waals surface area (Å²) in [6.07, 6.45) is 6.26. The van der Waals surface area contributed by atoms with Crippen LogP contribution in [0.3, 0.4) is 0 Å². The number of hydrogen-bond acceptors (Lipinski definition) is 3. The maximum Gasteiger partial charge on any atom is 0.161 e. The number of carbonyl (C=O) groups excluding carboxylic acids is 1. The van der Waals surface area contributed by atoms with E-state index in [1.54, 1.807) is 24.5 Å². The minimum atomic E-state index is 0. The Labute approximate surface area is 153 Å². The molecule has 0 amide bonds. The summed E-state index contributed by atoms with van der Waals surface area (Å²) in [6.45, 7) is 2.48. The summed E-state index contributed by atoms with van der Waals surface area (Å²) < 4.78 is 0. The van der Waals surface area contributed by atoms with Crippen molar-refractivity contribution in [2.45, 2.75) is 33.6 Å². The van der Waals surface area contributed by atoms with Crippen molar-refractivity contribution in [3.63, 3.8) is 0 Å². The molecule has 3 rings (SSSR count). The van der Waals surface area contributed by atoms with E-state index in [-0.39, 0.29) is 13.2 Å². The number of rotatable bonds is 3. The average Bonchev–Trinajstić information content (AvgIpc) is 3.06. The van der Waals surface area contributed by atoms with Crippen LogP contribution in [-0.2, 0) is 6.42 Å². The molecule has 0 spiro atoms. The van der Waals surface area contributed by atoms with Crippen molar-refractivity contribution in [3.05, 3.63) is 63.9 Å². The number of nitrogens with zero attached hydrogens (tertiary/aromatic N) is 2. The third-order valence-corrected chi connectivity index (χ3v) is 4.18. The van der Waals surface area contributed by atoms with Gasteiger partial charge in [0.05, 0.1) is 0 Å². The second kappa shape index (κ2) is 10.2. The van der Waals surface area contributed by atoms with E-state index in [0.717, 1.165) is 41.4 Å². The molecule has 0 fully saturated rings. The van der Waals surface area contributed by atoms with Crippen molar-refractivity contribution in [2.24, 2.45) is 4.99 Å². The van der Waals surface area contributed by atoms with Crippen LogP contribution in [0.5, 0.6) is 0 Å². The Hall–Kier alpha value is -1.71. The molecule has 1 aliphatic heterocycles. The van der Waals surface area contributed by atoms with E-state index in [4.69, 9.17) is 23.2 Å². The number of Topliss-reactive ketones (excluding diaryl/α,β-unsaturated/α-hetero) is 1. The highest BCUT2D eigenvalue weighted by Gasteiger charge is 2.11. The van der Waals surface area contributed by atoms with Crippen LogP contribution in [0, 0.1) is 0 Å². The minimum Gasteiger partial charge on any atom is -0.294 e. The van der Waals surface area contributed by atoms with Crippen LogP contribution in [0.15, 0.2) is 47.7 Å². The van der Waals surface area contributed by atoms with Gasteiger partial charge in [-0.1, -0.05) is 36.7 Å². The van der Waals surface area contributed by atoms with E-state index >= 15 is 0 Å². The van der Waals surface area contributed by atoms with E-state index in [9.17, 15) is 4.79 Å². The first-order valence-electron chi connectivity index (χ1n) is 7.44. The zero-order valence-electron chi connectivity index (χ0n) is 12.9. The van der Waals surface area contributed by atoms with Gasteiger partial charge in [0.25, 0.3) is 0 Å². The SMILES string of the molecule is C.CC(=O)c1cccnc1.Clc1cccc(Cl)c1CC1=NCCC1. The maximum absolute atomic E-state index is 10.6. The molecule has 0 saturated carbocycles. The van der Waals surface area contributed by atoms with E-state index in [2.05, 4.69) is 9.98 Å². The first kappa shape index (κ1) is 20.3. The summed E-state index contributed by atoms with van der Waals surface area (Å²) in [4.78, 5) is 18.8. The summed E-state index contributed by atoms with van der Waals surface area (Å²) in [5, 5.41) is 1.49. The van der Waals surface area contributed by atoms with Crippen molar-refractivity contribution in [1.82, 2.24) is 4.98 Å². The molecular weight excluding hydrogens is 343 g/mol. The Kier molecular flexibility index (Phi) is 8.66. The second-order valence-corrected chi connectivity index (χ2v) is 6.04. The maximum atomic E-state index is 10.6. The van der Waals surface area contributed by atoms with Crippen LogP contribution in [0.25, 0.3) is 0 Å². The van der Waals surface area contributed by atoms with Crippen LogP contribution in [0.4, 0.5) is 0 Å². The highest BCUT2D eigenvalue weighted by Crippen LogP contribution is 2.26. The van der Waals surface area contributed by atoms with Gasteiger partial charge in [0.1, 0.15) is 0 Å². The predicted octanol–water partition coefficient (Wildman–Crippen LogP) is 5.69. The van der Waals surface area contributed by atoms with Crippen molar-refractivity contribution in [2.75, 3.05) is 6.54 Å². The van der Waals surface area contributed by atoms with Crippen LogP contribution in [0.2, 0.25) is 10.0 Å². The number of ketones is 1. The van der Waals surface area contributed by atoms with Gasteiger partial charge in [-0.3, -0.25) is 14.8 Å². The summed E-state index contributed by atoms with van der Waals surface area (Å²) >= 11 is 12.1. The van der Waals surface area contributed by atoms with Gasteiger partial charge in [-0.05, 0) is 49.6 Å². The number of aliphatic imine (C=N–C) groups is 1. The lowest BCUT2D eigenvalue weighted by Gasteiger charge is -2.06. The molecule has 1 aromatic carbocycles. The zero-order valence-corrected chi connectivity index (χ0v) is 14.4. The fraction of sp³-hybridized carbons (Fsp3) is 0.316. The van der Waals surface area contributed by atoms with Crippen molar-refractivity contribution in [1.29, 1.82) is 0 Å². The molecule has 128 valence electrons. The number of carbonyl (C=O) groups is 1. The second-order valence-electron chi connectivity index (χ2n) is 5.23. The third kappa shape index (κ3) is 6.06. The van der Waals surface area contributed by atoms with Crippen LogP contribution in [0.1, 0.15) is 43.1 Å². The minimum absolute atomic E-state index is 0. The lowest BCUT2D eigenvalue weighted by atomic mass is 10.1.